The van der Waals surface area contributed by atoms with Crippen LogP contribution in [0.2, 0.25) is 0 Å². The van der Waals surface area contributed by atoms with Gasteiger partial charge in [-0.15, -0.1) is 4.99 Å². The van der Waals surface area contributed by atoms with Gasteiger partial charge in [0.2, 0.25) is 27.7 Å². The van der Waals surface area contributed by atoms with Crippen molar-refractivity contribution in [1.29, 1.82) is 0 Å². The molecule has 1 amide bonds. The zero-order chi connectivity index (χ0) is 26.5. The number of fused-ring (bicyclic) bond motifs is 1. The van der Waals surface area contributed by atoms with Gasteiger partial charge in [-0.1, -0.05) is 30.3 Å². The topological polar surface area (TPSA) is 126 Å². The molecule has 3 heterocycles. The molecule has 1 aromatic heterocycles. The van der Waals surface area contributed by atoms with Crippen LogP contribution in [0.15, 0.2) is 35.3 Å². The molecule has 1 aromatic carbocycles. The number of carbonyl (C=O) groups excluding carboxylic acids is 1. The van der Waals surface area contributed by atoms with Crippen molar-refractivity contribution in [2.75, 3.05) is 32.1 Å². The van der Waals surface area contributed by atoms with Crippen LogP contribution in [-0.4, -0.2) is 72.8 Å². The van der Waals surface area contributed by atoms with Crippen LogP contribution < -0.4 is 15.0 Å². The summed E-state index contributed by atoms with van der Waals surface area (Å²) in [6, 6.07) is 9.00. The van der Waals surface area contributed by atoms with Crippen LogP contribution in [0.3, 0.4) is 0 Å². The molecule has 1 N–H and O–H groups in total. The molecule has 194 valence electrons. The van der Waals surface area contributed by atoms with E-state index in [0.717, 1.165) is 4.31 Å². The van der Waals surface area contributed by atoms with E-state index in [0.29, 0.717) is 5.56 Å². The molecule has 2 atom stereocenters. The van der Waals surface area contributed by atoms with Gasteiger partial charge in [0.05, 0.1) is 12.8 Å². The molecule has 36 heavy (non-hydrogen) atoms. The number of aryl methyl sites for hydroxylation is 1. The van der Waals surface area contributed by atoms with Crippen molar-refractivity contribution in [3.63, 3.8) is 0 Å². The summed E-state index contributed by atoms with van der Waals surface area (Å²) < 4.78 is 53.1. The minimum Gasteiger partial charge on any atom is -0.479 e. The highest BCUT2D eigenvalue weighted by Crippen LogP contribution is 2.41. The van der Waals surface area contributed by atoms with Gasteiger partial charge in [0.25, 0.3) is 5.88 Å². The Bertz CT molecular complexity index is 1310. The Morgan fingerprint density at radius 2 is 1.92 bits per heavy atom. The molecular formula is C23H29FN6O5S. The Kier molecular flexibility index (Phi) is 6.31. The van der Waals surface area contributed by atoms with Crippen LogP contribution in [0.4, 0.5) is 15.1 Å². The molecule has 0 radical (unpaired) electrons. The first kappa shape index (κ1) is 25.6. The second kappa shape index (κ2) is 8.87. The Labute approximate surface area is 209 Å². The number of ether oxygens (including phenoxy) is 2. The number of aliphatic imine (C=N–C) groups is 1. The Morgan fingerprint density at radius 1 is 1.25 bits per heavy atom. The maximum atomic E-state index is 14.3. The van der Waals surface area contributed by atoms with Gasteiger partial charge in [0.15, 0.2) is 0 Å². The number of methoxy groups -OCH3 is 1. The lowest BCUT2D eigenvalue weighted by atomic mass is 9.88. The van der Waals surface area contributed by atoms with Gasteiger partial charge in [-0.3, -0.25) is 0 Å². The Morgan fingerprint density at radius 3 is 2.53 bits per heavy atom. The number of hydrogen-bond donors (Lipinski definition) is 1. The fourth-order valence-electron chi connectivity index (χ4n) is 4.38. The summed E-state index contributed by atoms with van der Waals surface area (Å²) in [5, 5.41) is 2.21. The lowest BCUT2D eigenvalue weighted by molar-refractivity contribution is 0.0601. The van der Waals surface area contributed by atoms with E-state index in [1.165, 1.54) is 21.1 Å². The van der Waals surface area contributed by atoms with E-state index < -0.39 is 38.3 Å². The maximum Gasteiger partial charge on any atom is 0.437 e. The molecule has 11 nitrogen and oxygen atoms in total. The lowest BCUT2D eigenvalue weighted by Crippen LogP contribution is -2.67. The summed E-state index contributed by atoms with van der Waals surface area (Å²) >= 11 is 0. The standard InChI is InChI=1S/C23H29FN6O5S/c1-14-17(24)18(34-6)26-19(25-14)30-12-16-23(13-30,15-10-8-7-9-11-15)28-20(29(5)36(16,32)33)27-21(31)35-22(2,3)4/h7-11,16H,12-13H2,1-6H3,(H,27,28,31)/t16?,23-/m0/s1. The first-order chi connectivity index (χ1) is 16.8. The molecule has 0 aliphatic carbocycles. The number of anilines is 1. The van der Waals surface area contributed by atoms with Crippen molar-refractivity contribution in [3.8, 4) is 5.88 Å². The van der Waals surface area contributed by atoms with E-state index in [1.54, 1.807) is 49.9 Å². The fraction of sp³-hybridized carbons (Fsp3) is 0.478. The summed E-state index contributed by atoms with van der Waals surface area (Å²) in [5.74, 6) is -0.963. The van der Waals surface area contributed by atoms with E-state index in [1.807, 2.05) is 6.07 Å². The van der Waals surface area contributed by atoms with Crippen molar-refractivity contribution >= 4 is 28.0 Å². The Hall–Kier alpha value is -3.48. The highest BCUT2D eigenvalue weighted by Gasteiger charge is 2.60. The number of nitrogens with zero attached hydrogens (tertiary/aromatic N) is 5. The highest BCUT2D eigenvalue weighted by molar-refractivity contribution is 7.90. The van der Waals surface area contributed by atoms with Gasteiger partial charge < -0.3 is 19.7 Å². The van der Waals surface area contributed by atoms with E-state index in [-0.39, 0.29) is 36.6 Å². The van der Waals surface area contributed by atoms with E-state index in [9.17, 15) is 17.6 Å². The molecule has 13 heteroatoms. The van der Waals surface area contributed by atoms with Gasteiger partial charge in [-0.25, -0.2) is 22.5 Å². The largest absolute Gasteiger partial charge is 0.479 e. The third-order valence-corrected chi connectivity index (χ3v) is 8.29. The molecule has 2 fully saturated rings. The monoisotopic (exact) mass is 520 g/mol. The van der Waals surface area contributed by atoms with Crippen molar-refractivity contribution in [2.45, 2.75) is 44.1 Å². The molecule has 1 unspecified atom stereocenters. The summed E-state index contributed by atoms with van der Waals surface area (Å²) in [6.07, 6.45) is -0.925. The molecule has 2 aliphatic rings. The fourth-order valence-corrected chi connectivity index (χ4v) is 6.24. The highest BCUT2D eigenvalue weighted by atomic mass is 32.2. The van der Waals surface area contributed by atoms with Gasteiger partial charge in [0.1, 0.15) is 16.4 Å². The first-order valence-corrected chi connectivity index (χ1v) is 12.7. The van der Waals surface area contributed by atoms with Crippen LogP contribution in [0.25, 0.3) is 0 Å². The zero-order valence-corrected chi connectivity index (χ0v) is 21.8. The number of carbonyl (C=O) groups is 1. The summed E-state index contributed by atoms with van der Waals surface area (Å²) in [7, 11) is -1.41. The van der Waals surface area contributed by atoms with Crippen molar-refractivity contribution in [2.24, 2.45) is 4.99 Å². The average Bonchev–Trinajstić information content (AvgIpc) is 3.20. The number of aromatic nitrogens is 2. The molecule has 2 saturated heterocycles. The van der Waals surface area contributed by atoms with Gasteiger partial charge in [0, 0.05) is 20.1 Å². The van der Waals surface area contributed by atoms with Crippen LogP contribution in [-0.2, 0) is 20.3 Å². The van der Waals surface area contributed by atoms with Crippen LogP contribution in [0.5, 0.6) is 5.88 Å². The summed E-state index contributed by atoms with van der Waals surface area (Å²) in [6.45, 7) is 6.64. The van der Waals surface area contributed by atoms with Crippen LogP contribution >= 0.6 is 0 Å². The summed E-state index contributed by atoms with van der Waals surface area (Å²) in [5.41, 5.74) is -1.29. The van der Waals surface area contributed by atoms with Gasteiger partial charge in [-0.2, -0.15) is 9.37 Å². The number of hydrogen-bond acceptors (Lipinski definition) is 8. The molecule has 2 aromatic rings. The third-order valence-electron chi connectivity index (χ3n) is 6.08. The first-order valence-electron chi connectivity index (χ1n) is 11.2. The number of amides is 1. The quantitative estimate of drug-likeness (QED) is 0.648. The van der Waals surface area contributed by atoms with Crippen LogP contribution in [0, 0.1) is 12.7 Å². The van der Waals surface area contributed by atoms with Crippen molar-refractivity contribution in [3.05, 3.63) is 47.4 Å². The number of guanidine groups is 1. The number of nitrogens with one attached hydrogen (secondary N) is 1. The number of sulfonamides is 1. The molecule has 0 spiro atoms. The number of rotatable bonds is 3. The molecule has 0 bridgehead atoms. The van der Waals surface area contributed by atoms with Crippen LogP contribution in [0.1, 0.15) is 32.0 Å². The third kappa shape index (κ3) is 4.43. The van der Waals surface area contributed by atoms with E-state index >= 15 is 0 Å². The normalized spacial score (nSPS) is 24.3. The molecule has 4 rings (SSSR count). The lowest BCUT2D eigenvalue weighted by Gasteiger charge is -2.44. The average molecular weight is 521 g/mol. The predicted octanol–water partition coefficient (Wildman–Crippen LogP) is 2.17. The predicted molar refractivity (Wildman–Crippen MR) is 131 cm³/mol. The smallest absolute Gasteiger partial charge is 0.437 e. The SMILES string of the molecule is COc1nc(N2CC3[C@@](c4ccccc4)(C2)N/C(=N/C(=O)OC(C)(C)C)N(C)S3(=O)=O)nc(C)c1F. The second-order valence-corrected chi connectivity index (χ2v) is 11.8. The maximum absolute atomic E-state index is 14.3. The van der Waals surface area contributed by atoms with Crippen molar-refractivity contribution in [1.82, 2.24) is 19.6 Å². The number of halogens is 1. The summed E-state index contributed by atoms with van der Waals surface area (Å²) in [4.78, 5) is 26.5. The minimum absolute atomic E-state index is 0.00249. The number of benzene rings is 1. The molecule has 0 saturated carbocycles. The van der Waals surface area contributed by atoms with Crippen molar-refractivity contribution < 1.29 is 27.1 Å². The van der Waals surface area contributed by atoms with E-state index in [2.05, 4.69) is 20.3 Å². The molecular weight excluding hydrogens is 491 g/mol. The van der Waals surface area contributed by atoms with Gasteiger partial charge in [-0.05, 0) is 33.3 Å². The second-order valence-electron chi connectivity index (χ2n) is 9.69. The van der Waals surface area contributed by atoms with Gasteiger partial charge >= 0.3 is 6.09 Å². The van der Waals surface area contributed by atoms with E-state index in [4.69, 9.17) is 9.47 Å². The Balaban J connectivity index is 1.84. The zero-order valence-electron chi connectivity index (χ0n) is 20.9. The molecule has 2 aliphatic heterocycles. The minimum atomic E-state index is -4.03.